The Balaban J connectivity index is 1.67. The van der Waals surface area contributed by atoms with E-state index in [2.05, 4.69) is 35.7 Å². The van der Waals surface area contributed by atoms with E-state index in [-0.39, 0.29) is 5.91 Å². The van der Waals surface area contributed by atoms with Crippen LogP contribution in [0.4, 0.5) is 0 Å². The van der Waals surface area contributed by atoms with Gasteiger partial charge in [-0.3, -0.25) is 9.79 Å². The molecule has 31 heavy (non-hydrogen) atoms. The van der Waals surface area contributed by atoms with Crippen molar-refractivity contribution in [2.75, 3.05) is 26.9 Å². The number of pyridine rings is 1. The van der Waals surface area contributed by atoms with Crippen LogP contribution in [0, 0.1) is 5.92 Å². The standard InChI is InChI=1S/C24H34N4O3/c1-17(2)13-18-7-8-26-23-22(18)19(15-27(23)10-4-11-30-3)16-28(20-5-6-20)24(29)21-14-25-9-12-31-21/h7-8,14-15,17,20-21H,4-6,9-13,16H2,1-3H3/t21-/m1/s1. The fourth-order valence-electron chi connectivity index (χ4n) is 4.35. The molecule has 0 radical (unpaired) electrons. The number of carbonyl (C=O) groups excluding carboxylic acids is 1. The van der Waals surface area contributed by atoms with Crippen LogP contribution in [0.2, 0.25) is 0 Å². The topological polar surface area (TPSA) is 69.0 Å². The number of ether oxygens (including phenoxy) is 2. The molecular formula is C24H34N4O3. The van der Waals surface area contributed by atoms with Crippen LogP contribution in [0.5, 0.6) is 0 Å². The molecule has 1 saturated carbocycles. The number of amides is 1. The number of aromatic nitrogens is 2. The molecule has 2 aliphatic rings. The van der Waals surface area contributed by atoms with E-state index >= 15 is 0 Å². The van der Waals surface area contributed by atoms with Gasteiger partial charge >= 0.3 is 0 Å². The zero-order valence-corrected chi connectivity index (χ0v) is 18.9. The van der Waals surface area contributed by atoms with Gasteiger partial charge in [0, 0.05) is 56.8 Å². The van der Waals surface area contributed by atoms with Crippen LogP contribution in [0.15, 0.2) is 23.5 Å². The summed E-state index contributed by atoms with van der Waals surface area (Å²) < 4.78 is 13.2. The lowest BCUT2D eigenvalue weighted by atomic mass is 9.99. The fourth-order valence-corrected chi connectivity index (χ4v) is 4.35. The van der Waals surface area contributed by atoms with Gasteiger partial charge in [0.25, 0.3) is 5.91 Å². The summed E-state index contributed by atoms with van der Waals surface area (Å²) in [6.07, 6.45) is 9.23. The van der Waals surface area contributed by atoms with Gasteiger partial charge in [-0.2, -0.15) is 0 Å². The first kappa shape index (κ1) is 22.0. The predicted molar refractivity (Wildman–Crippen MR) is 121 cm³/mol. The first-order valence-corrected chi connectivity index (χ1v) is 11.4. The van der Waals surface area contributed by atoms with Crippen molar-refractivity contribution in [1.29, 1.82) is 0 Å². The number of methoxy groups -OCH3 is 1. The summed E-state index contributed by atoms with van der Waals surface area (Å²) in [5.41, 5.74) is 3.48. The molecule has 168 valence electrons. The molecule has 0 saturated heterocycles. The molecule has 0 unspecified atom stereocenters. The summed E-state index contributed by atoms with van der Waals surface area (Å²) in [6, 6.07) is 2.43. The highest BCUT2D eigenvalue weighted by Crippen LogP contribution is 2.33. The van der Waals surface area contributed by atoms with Crippen LogP contribution in [0.1, 0.15) is 44.2 Å². The van der Waals surface area contributed by atoms with E-state index in [4.69, 9.17) is 14.5 Å². The van der Waals surface area contributed by atoms with E-state index in [9.17, 15) is 4.79 Å². The number of carbonyl (C=O) groups is 1. The lowest BCUT2D eigenvalue weighted by Crippen LogP contribution is -2.43. The van der Waals surface area contributed by atoms with Gasteiger partial charge < -0.3 is 18.9 Å². The van der Waals surface area contributed by atoms with Crippen LogP contribution < -0.4 is 0 Å². The fraction of sp³-hybridized carbons (Fsp3) is 0.625. The summed E-state index contributed by atoms with van der Waals surface area (Å²) in [6.45, 7) is 7.76. The summed E-state index contributed by atoms with van der Waals surface area (Å²) in [5.74, 6) is 0.573. The van der Waals surface area contributed by atoms with Gasteiger partial charge in [0.2, 0.25) is 0 Å². The maximum absolute atomic E-state index is 13.3. The molecule has 7 heteroatoms. The Morgan fingerprint density at radius 3 is 2.87 bits per heavy atom. The smallest absolute Gasteiger partial charge is 0.257 e. The van der Waals surface area contributed by atoms with E-state index in [0.717, 1.165) is 37.9 Å². The number of nitrogens with zero attached hydrogens (tertiary/aromatic N) is 4. The molecule has 1 aliphatic heterocycles. The third-order valence-electron chi connectivity index (χ3n) is 5.91. The normalized spacial score (nSPS) is 18.8. The van der Waals surface area contributed by atoms with E-state index in [1.807, 2.05) is 11.1 Å². The maximum atomic E-state index is 13.3. The molecular weight excluding hydrogens is 392 g/mol. The molecule has 0 N–H and O–H groups in total. The van der Waals surface area contributed by atoms with Gasteiger partial charge in [0.1, 0.15) is 5.65 Å². The van der Waals surface area contributed by atoms with E-state index < -0.39 is 6.10 Å². The summed E-state index contributed by atoms with van der Waals surface area (Å²) in [7, 11) is 1.73. The van der Waals surface area contributed by atoms with Crippen molar-refractivity contribution in [3.63, 3.8) is 0 Å². The lowest BCUT2D eigenvalue weighted by molar-refractivity contribution is -0.140. The Morgan fingerprint density at radius 2 is 2.19 bits per heavy atom. The van der Waals surface area contributed by atoms with Crippen molar-refractivity contribution in [2.24, 2.45) is 10.9 Å². The van der Waals surface area contributed by atoms with Crippen molar-refractivity contribution in [3.05, 3.63) is 29.6 Å². The SMILES string of the molecule is COCCCn1cc(CN(C(=O)[C@H]2C=NCCO2)C2CC2)c2c(CC(C)C)ccnc21. The number of hydrogen-bond donors (Lipinski definition) is 0. The van der Waals surface area contributed by atoms with Gasteiger partial charge in [-0.1, -0.05) is 13.8 Å². The highest BCUT2D eigenvalue weighted by Gasteiger charge is 2.37. The van der Waals surface area contributed by atoms with Gasteiger partial charge in [0.15, 0.2) is 6.10 Å². The van der Waals surface area contributed by atoms with Crippen molar-refractivity contribution in [2.45, 2.75) is 64.8 Å². The Labute approximate surface area is 184 Å². The van der Waals surface area contributed by atoms with Crippen molar-refractivity contribution in [3.8, 4) is 0 Å². The number of rotatable bonds is 10. The largest absolute Gasteiger partial charge is 0.385 e. The number of aryl methyl sites for hydroxylation is 1. The molecule has 0 bridgehead atoms. The Morgan fingerprint density at radius 1 is 1.35 bits per heavy atom. The third kappa shape index (κ3) is 5.15. The average molecular weight is 427 g/mol. The zero-order valence-electron chi connectivity index (χ0n) is 18.9. The molecule has 7 nitrogen and oxygen atoms in total. The first-order valence-electron chi connectivity index (χ1n) is 11.4. The average Bonchev–Trinajstić information content (AvgIpc) is 3.55. The molecule has 4 rings (SSSR count). The molecule has 2 aromatic heterocycles. The molecule has 0 aromatic carbocycles. The molecule has 2 aromatic rings. The van der Waals surface area contributed by atoms with Gasteiger partial charge in [-0.15, -0.1) is 0 Å². The quantitative estimate of drug-likeness (QED) is 0.547. The van der Waals surface area contributed by atoms with Crippen molar-refractivity contribution >= 4 is 23.2 Å². The summed E-state index contributed by atoms with van der Waals surface area (Å²) >= 11 is 0. The van der Waals surface area contributed by atoms with Gasteiger partial charge in [0.05, 0.1) is 13.2 Å². The monoisotopic (exact) mass is 426 g/mol. The predicted octanol–water partition coefficient (Wildman–Crippen LogP) is 3.23. The Bertz CT molecular complexity index is 932. The highest BCUT2D eigenvalue weighted by molar-refractivity contribution is 5.97. The molecule has 0 spiro atoms. The minimum Gasteiger partial charge on any atom is -0.385 e. The van der Waals surface area contributed by atoms with E-state index in [0.29, 0.717) is 38.3 Å². The minimum atomic E-state index is -0.558. The van der Waals surface area contributed by atoms with Crippen LogP contribution in [-0.2, 0) is 33.8 Å². The minimum absolute atomic E-state index is 0.0283. The number of fused-ring (bicyclic) bond motifs is 1. The molecule has 1 atom stereocenters. The van der Waals surface area contributed by atoms with Crippen LogP contribution in [0.3, 0.4) is 0 Å². The molecule has 3 heterocycles. The molecule has 1 amide bonds. The van der Waals surface area contributed by atoms with E-state index in [1.54, 1.807) is 13.3 Å². The Hall–Kier alpha value is -2.25. The Kier molecular flexibility index (Phi) is 7.02. The van der Waals surface area contributed by atoms with Crippen LogP contribution in [0.25, 0.3) is 11.0 Å². The summed E-state index contributed by atoms with van der Waals surface area (Å²) in [4.78, 5) is 24.3. The van der Waals surface area contributed by atoms with Crippen LogP contribution in [-0.4, -0.2) is 65.6 Å². The van der Waals surface area contributed by atoms with Crippen molar-refractivity contribution < 1.29 is 14.3 Å². The van der Waals surface area contributed by atoms with Gasteiger partial charge in [-0.25, -0.2) is 4.98 Å². The lowest BCUT2D eigenvalue weighted by Gasteiger charge is -2.27. The summed E-state index contributed by atoms with van der Waals surface area (Å²) in [5, 5.41) is 1.20. The number of hydrogen-bond acceptors (Lipinski definition) is 5. The first-order chi connectivity index (χ1) is 15.1. The second kappa shape index (κ2) is 9.92. The maximum Gasteiger partial charge on any atom is 0.257 e. The van der Waals surface area contributed by atoms with Crippen molar-refractivity contribution in [1.82, 2.24) is 14.5 Å². The highest BCUT2D eigenvalue weighted by atomic mass is 16.5. The second-order valence-electron chi connectivity index (χ2n) is 9.00. The zero-order chi connectivity index (χ0) is 21.8. The third-order valence-corrected chi connectivity index (χ3v) is 5.91. The number of aliphatic imine (C=N–C) groups is 1. The molecule has 1 fully saturated rings. The molecule has 1 aliphatic carbocycles. The van der Waals surface area contributed by atoms with E-state index in [1.165, 1.54) is 16.5 Å². The second-order valence-corrected chi connectivity index (χ2v) is 9.00. The van der Waals surface area contributed by atoms with Gasteiger partial charge in [-0.05, 0) is 48.8 Å². The van der Waals surface area contributed by atoms with Crippen LogP contribution >= 0.6 is 0 Å².